The van der Waals surface area contributed by atoms with Crippen LogP contribution < -0.4 is 10.1 Å². The second kappa shape index (κ2) is 8.37. The van der Waals surface area contributed by atoms with Gasteiger partial charge in [-0.25, -0.2) is 4.79 Å². The Labute approximate surface area is 165 Å². The van der Waals surface area contributed by atoms with E-state index in [0.717, 1.165) is 0 Å². The van der Waals surface area contributed by atoms with Gasteiger partial charge in [0.05, 0.1) is 5.69 Å². The van der Waals surface area contributed by atoms with Crippen molar-refractivity contribution >= 4 is 41.0 Å². The first-order valence-corrected chi connectivity index (χ1v) is 8.48. The highest BCUT2D eigenvalue weighted by Crippen LogP contribution is 2.28. The fourth-order valence-electron chi connectivity index (χ4n) is 2.41. The SMILES string of the molecule is N#CC(=Cc1ccc(Cl)cc1)C(=O)OCC(=O)c1ccc2c(c1)NC(=O)CO2. The van der Waals surface area contributed by atoms with Crippen molar-refractivity contribution in [2.24, 2.45) is 0 Å². The van der Waals surface area contributed by atoms with E-state index in [0.29, 0.717) is 22.0 Å². The molecule has 0 bridgehead atoms. The summed E-state index contributed by atoms with van der Waals surface area (Å²) < 4.78 is 10.2. The molecule has 0 atom stereocenters. The molecule has 2 aromatic rings. The Balaban J connectivity index is 1.66. The lowest BCUT2D eigenvalue weighted by atomic mass is 10.1. The molecule has 1 aliphatic heterocycles. The maximum Gasteiger partial charge on any atom is 0.349 e. The molecule has 140 valence electrons. The minimum Gasteiger partial charge on any atom is -0.482 e. The fraction of sp³-hybridized carbons (Fsp3) is 0.100. The van der Waals surface area contributed by atoms with Crippen molar-refractivity contribution in [1.82, 2.24) is 0 Å². The predicted octanol–water partition coefficient (Wildman–Crippen LogP) is 3.00. The number of fused-ring (bicyclic) bond motifs is 1. The Kier molecular flexibility index (Phi) is 5.72. The van der Waals surface area contributed by atoms with Gasteiger partial charge in [-0.15, -0.1) is 0 Å². The first-order chi connectivity index (χ1) is 13.5. The summed E-state index contributed by atoms with van der Waals surface area (Å²) in [7, 11) is 0. The molecule has 1 N–H and O–H groups in total. The number of hydrogen-bond acceptors (Lipinski definition) is 6. The number of halogens is 1. The molecular formula is C20H13ClN2O5. The van der Waals surface area contributed by atoms with Gasteiger partial charge < -0.3 is 14.8 Å². The number of rotatable bonds is 5. The van der Waals surface area contributed by atoms with Gasteiger partial charge in [0.1, 0.15) is 17.4 Å². The number of anilines is 1. The van der Waals surface area contributed by atoms with E-state index in [1.807, 2.05) is 0 Å². The van der Waals surface area contributed by atoms with Crippen LogP contribution in [0.2, 0.25) is 5.02 Å². The van der Waals surface area contributed by atoms with Crippen LogP contribution in [0.4, 0.5) is 5.69 Å². The molecule has 7 nitrogen and oxygen atoms in total. The number of nitriles is 1. The number of benzene rings is 2. The molecule has 1 aliphatic rings. The molecule has 0 aliphatic carbocycles. The Morgan fingerprint density at radius 2 is 2.00 bits per heavy atom. The Morgan fingerprint density at radius 3 is 2.71 bits per heavy atom. The lowest BCUT2D eigenvalue weighted by Crippen LogP contribution is -2.25. The third kappa shape index (κ3) is 4.55. The second-order valence-electron chi connectivity index (χ2n) is 5.77. The highest BCUT2D eigenvalue weighted by atomic mass is 35.5. The van der Waals surface area contributed by atoms with Gasteiger partial charge in [-0.05, 0) is 42.0 Å². The van der Waals surface area contributed by atoms with Gasteiger partial charge >= 0.3 is 5.97 Å². The summed E-state index contributed by atoms with van der Waals surface area (Å²) in [5.74, 6) is -1.28. The first kappa shape index (κ1) is 19.1. The van der Waals surface area contributed by atoms with Crippen molar-refractivity contribution in [3.05, 3.63) is 64.2 Å². The number of ketones is 1. The van der Waals surface area contributed by atoms with E-state index >= 15 is 0 Å². The van der Waals surface area contributed by atoms with Crippen LogP contribution in [0.25, 0.3) is 6.08 Å². The molecule has 3 rings (SSSR count). The van der Waals surface area contributed by atoms with Crippen LogP contribution in [0.1, 0.15) is 15.9 Å². The zero-order valence-electron chi connectivity index (χ0n) is 14.4. The molecule has 0 saturated carbocycles. The van der Waals surface area contributed by atoms with Crippen LogP contribution in [0.15, 0.2) is 48.0 Å². The van der Waals surface area contributed by atoms with E-state index in [1.165, 1.54) is 18.2 Å². The number of amides is 1. The summed E-state index contributed by atoms with van der Waals surface area (Å²) in [6.07, 6.45) is 1.34. The molecule has 1 heterocycles. The molecule has 28 heavy (non-hydrogen) atoms. The molecule has 0 spiro atoms. The number of carbonyl (C=O) groups excluding carboxylic acids is 3. The van der Waals surface area contributed by atoms with Crippen LogP contribution in [0.5, 0.6) is 5.75 Å². The largest absolute Gasteiger partial charge is 0.482 e. The standard InChI is InChI=1S/C20H13ClN2O5/c21-15-4-1-12(2-5-15)7-14(9-22)20(26)28-10-17(24)13-3-6-18-16(8-13)23-19(25)11-27-18/h1-8H,10-11H2,(H,23,25). The number of Topliss-reactive ketones (excluding diaryl/α,β-unsaturated/α-hetero) is 1. The second-order valence-corrected chi connectivity index (χ2v) is 6.20. The summed E-state index contributed by atoms with van der Waals surface area (Å²) >= 11 is 5.79. The fourth-order valence-corrected chi connectivity index (χ4v) is 2.54. The maximum absolute atomic E-state index is 12.3. The number of nitrogens with one attached hydrogen (secondary N) is 1. The quantitative estimate of drug-likeness (QED) is 0.360. The van der Waals surface area contributed by atoms with Crippen LogP contribution in [-0.4, -0.2) is 30.9 Å². The minimum atomic E-state index is -0.916. The van der Waals surface area contributed by atoms with E-state index in [1.54, 1.807) is 36.4 Å². The van der Waals surface area contributed by atoms with Gasteiger partial charge in [0.15, 0.2) is 19.0 Å². The van der Waals surface area contributed by atoms with E-state index < -0.39 is 18.4 Å². The third-order valence-electron chi connectivity index (χ3n) is 3.79. The monoisotopic (exact) mass is 396 g/mol. The Bertz CT molecular complexity index is 1020. The third-order valence-corrected chi connectivity index (χ3v) is 4.04. The molecule has 2 aromatic carbocycles. The molecule has 0 unspecified atom stereocenters. The van der Waals surface area contributed by atoms with Gasteiger partial charge in [0.2, 0.25) is 0 Å². The van der Waals surface area contributed by atoms with Gasteiger partial charge in [-0.1, -0.05) is 23.7 Å². The topological polar surface area (TPSA) is 105 Å². The average molecular weight is 397 g/mol. The summed E-state index contributed by atoms with van der Waals surface area (Å²) in [6, 6.07) is 12.8. The van der Waals surface area contributed by atoms with E-state index in [9.17, 15) is 14.4 Å². The normalized spacial score (nSPS) is 12.9. The number of hydrogen-bond donors (Lipinski definition) is 1. The predicted molar refractivity (Wildman–Crippen MR) is 101 cm³/mol. The summed E-state index contributed by atoms with van der Waals surface area (Å²) in [4.78, 5) is 35.7. The van der Waals surface area contributed by atoms with Crippen LogP contribution in [-0.2, 0) is 14.3 Å². The average Bonchev–Trinajstić information content (AvgIpc) is 2.70. The molecule has 0 saturated heterocycles. The van der Waals surface area contributed by atoms with Crippen molar-refractivity contribution in [3.8, 4) is 11.8 Å². The molecular weight excluding hydrogens is 384 g/mol. The molecule has 0 aromatic heterocycles. The maximum atomic E-state index is 12.3. The van der Waals surface area contributed by atoms with Crippen LogP contribution in [0.3, 0.4) is 0 Å². The van der Waals surface area contributed by atoms with Crippen LogP contribution in [0, 0.1) is 11.3 Å². The summed E-state index contributed by atoms with van der Waals surface area (Å²) in [5.41, 5.74) is 0.946. The summed E-state index contributed by atoms with van der Waals surface area (Å²) in [6.45, 7) is -0.638. The smallest absolute Gasteiger partial charge is 0.349 e. The number of esters is 1. The number of ether oxygens (including phenoxy) is 2. The lowest BCUT2D eigenvalue weighted by molar-refractivity contribution is -0.137. The summed E-state index contributed by atoms with van der Waals surface area (Å²) in [5, 5.41) is 12.3. The first-order valence-electron chi connectivity index (χ1n) is 8.10. The lowest BCUT2D eigenvalue weighted by Gasteiger charge is -2.18. The number of carbonyl (C=O) groups is 3. The van der Waals surface area contributed by atoms with E-state index in [2.05, 4.69) is 5.32 Å². The Morgan fingerprint density at radius 1 is 1.25 bits per heavy atom. The van der Waals surface area contributed by atoms with Crippen molar-refractivity contribution in [2.75, 3.05) is 18.5 Å². The van der Waals surface area contributed by atoms with Gasteiger partial charge in [0, 0.05) is 10.6 Å². The molecule has 0 radical (unpaired) electrons. The zero-order chi connectivity index (χ0) is 20.1. The van der Waals surface area contributed by atoms with Gasteiger partial charge in [0.25, 0.3) is 5.91 Å². The zero-order valence-corrected chi connectivity index (χ0v) is 15.2. The molecule has 8 heteroatoms. The van der Waals surface area contributed by atoms with Crippen molar-refractivity contribution in [2.45, 2.75) is 0 Å². The Hall–Kier alpha value is -3.63. The van der Waals surface area contributed by atoms with Crippen molar-refractivity contribution < 1.29 is 23.9 Å². The molecule has 0 fully saturated rings. The highest BCUT2D eigenvalue weighted by molar-refractivity contribution is 6.30. The van der Waals surface area contributed by atoms with Crippen LogP contribution >= 0.6 is 11.6 Å². The number of nitrogens with zero attached hydrogens (tertiary/aromatic N) is 1. The van der Waals surface area contributed by atoms with E-state index in [-0.39, 0.29) is 23.7 Å². The van der Waals surface area contributed by atoms with Gasteiger partial charge in [-0.2, -0.15) is 5.26 Å². The highest BCUT2D eigenvalue weighted by Gasteiger charge is 2.19. The molecule has 1 amide bonds. The van der Waals surface area contributed by atoms with Crippen molar-refractivity contribution in [3.63, 3.8) is 0 Å². The minimum absolute atomic E-state index is 0.0885. The van der Waals surface area contributed by atoms with Gasteiger partial charge in [-0.3, -0.25) is 9.59 Å². The van der Waals surface area contributed by atoms with Crippen molar-refractivity contribution in [1.29, 1.82) is 5.26 Å². The van der Waals surface area contributed by atoms with E-state index in [4.69, 9.17) is 26.3 Å².